The quantitative estimate of drug-likeness (QED) is 0.810. The first kappa shape index (κ1) is 17.1. The number of urea groups is 1. The average molecular weight is 348 g/mol. The number of fused-ring (bicyclic) bond motifs is 1. The summed E-state index contributed by atoms with van der Waals surface area (Å²) in [6.45, 7) is 5.08. The molecular formula is C18H24N2O3S. The van der Waals surface area contributed by atoms with Crippen molar-refractivity contribution in [1.82, 2.24) is 4.90 Å². The first-order valence-corrected chi connectivity index (χ1v) is 9.35. The number of hydrogen-bond acceptors (Lipinski definition) is 3. The standard InChI is InChI=1S/C18H24N2O3S/c1-12(2)24-15-8-4-3-7-14(15)19-17(23)20-10-13-6-5-9-18(13,11-20)16(21)22/h3-4,7-8,12-13H,5-6,9-11H2,1-2H3,(H,19,23)(H,21,22)/t13-,18+/m0/s1. The van der Waals surface area contributed by atoms with Crippen LogP contribution in [-0.4, -0.2) is 40.3 Å². The van der Waals surface area contributed by atoms with Gasteiger partial charge in [-0.3, -0.25) is 4.79 Å². The molecule has 1 aromatic rings. The van der Waals surface area contributed by atoms with Crippen LogP contribution in [-0.2, 0) is 4.79 Å². The zero-order valence-corrected chi connectivity index (χ0v) is 14.9. The van der Waals surface area contributed by atoms with Crippen molar-refractivity contribution >= 4 is 29.4 Å². The molecule has 0 bridgehead atoms. The number of carbonyl (C=O) groups excluding carboxylic acids is 1. The Morgan fingerprint density at radius 3 is 2.79 bits per heavy atom. The fourth-order valence-corrected chi connectivity index (χ4v) is 4.83. The maximum atomic E-state index is 12.7. The largest absolute Gasteiger partial charge is 0.481 e. The third kappa shape index (κ3) is 3.11. The fourth-order valence-electron chi connectivity index (χ4n) is 3.91. The Morgan fingerprint density at radius 2 is 2.12 bits per heavy atom. The van der Waals surface area contributed by atoms with Crippen LogP contribution in [0.2, 0.25) is 0 Å². The number of anilines is 1. The zero-order valence-electron chi connectivity index (χ0n) is 14.1. The SMILES string of the molecule is CC(C)Sc1ccccc1NC(=O)N1C[C@@H]2CCC[C@@]2(C(=O)O)C1. The van der Waals surface area contributed by atoms with Crippen LogP contribution in [0, 0.1) is 11.3 Å². The van der Waals surface area contributed by atoms with Crippen LogP contribution in [0.5, 0.6) is 0 Å². The smallest absolute Gasteiger partial charge is 0.321 e. The number of carbonyl (C=O) groups is 2. The van der Waals surface area contributed by atoms with Gasteiger partial charge in [0.2, 0.25) is 0 Å². The molecule has 2 fully saturated rings. The van der Waals surface area contributed by atoms with Crippen molar-refractivity contribution in [2.45, 2.75) is 43.3 Å². The normalized spacial score (nSPS) is 25.8. The van der Waals surface area contributed by atoms with Gasteiger partial charge in [-0.25, -0.2) is 4.79 Å². The molecule has 0 radical (unpaired) electrons. The van der Waals surface area contributed by atoms with Gasteiger partial charge in [-0.15, -0.1) is 11.8 Å². The molecule has 6 heteroatoms. The number of carboxylic acid groups (broad SMARTS) is 1. The van der Waals surface area contributed by atoms with E-state index in [1.165, 1.54) is 0 Å². The number of carboxylic acids is 1. The van der Waals surface area contributed by atoms with Gasteiger partial charge < -0.3 is 15.3 Å². The van der Waals surface area contributed by atoms with E-state index < -0.39 is 11.4 Å². The lowest BCUT2D eigenvalue weighted by Gasteiger charge is -2.23. The number of nitrogens with zero attached hydrogens (tertiary/aromatic N) is 1. The number of thioether (sulfide) groups is 1. The Morgan fingerprint density at radius 1 is 1.38 bits per heavy atom. The number of para-hydroxylation sites is 1. The second kappa shape index (κ2) is 6.67. The number of likely N-dealkylation sites (tertiary alicyclic amines) is 1. The van der Waals surface area contributed by atoms with Crippen molar-refractivity contribution in [1.29, 1.82) is 0 Å². The molecule has 1 heterocycles. The summed E-state index contributed by atoms with van der Waals surface area (Å²) in [5.74, 6) is -0.669. The van der Waals surface area contributed by atoms with Crippen LogP contribution in [0.1, 0.15) is 33.1 Å². The van der Waals surface area contributed by atoms with E-state index in [9.17, 15) is 14.7 Å². The minimum absolute atomic E-state index is 0.0843. The van der Waals surface area contributed by atoms with Crippen LogP contribution in [0.3, 0.4) is 0 Å². The van der Waals surface area contributed by atoms with Crippen LogP contribution in [0.15, 0.2) is 29.2 Å². The third-order valence-electron chi connectivity index (χ3n) is 5.08. The second-order valence-corrected chi connectivity index (χ2v) is 8.64. The van der Waals surface area contributed by atoms with Crippen molar-refractivity contribution in [3.63, 3.8) is 0 Å². The van der Waals surface area contributed by atoms with Crippen LogP contribution in [0.25, 0.3) is 0 Å². The second-order valence-electron chi connectivity index (χ2n) is 7.02. The van der Waals surface area contributed by atoms with Crippen molar-refractivity contribution in [2.75, 3.05) is 18.4 Å². The van der Waals surface area contributed by atoms with Gasteiger partial charge in [0.1, 0.15) is 0 Å². The van der Waals surface area contributed by atoms with E-state index >= 15 is 0 Å². The first-order chi connectivity index (χ1) is 11.4. The summed E-state index contributed by atoms with van der Waals surface area (Å²) in [6.07, 6.45) is 2.52. The molecule has 2 aliphatic rings. The number of rotatable bonds is 4. The van der Waals surface area contributed by atoms with E-state index in [1.807, 2.05) is 24.3 Å². The maximum Gasteiger partial charge on any atom is 0.321 e. The van der Waals surface area contributed by atoms with Crippen LogP contribution in [0.4, 0.5) is 10.5 Å². The van der Waals surface area contributed by atoms with E-state index in [2.05, 4.69) is 19.2 Å². The minimum Gasteiger partial charge on any atom is -0.481 e. The lowest BCUT2D eigenvalue weighted by atomic mass is 9.81. The van der Waals surface area contributed by atoms with Crippen LogP contribution < -0.4 is 5.32 Å². The van der Waals surface area contributed by atoms with Crippen molar-refractivity contribution in [2.24, 2.45) is 11.3 Å². The highest BCUT2D eigenvalue weighted by molar-refractivity contribution is 8.00. The van der Waals surface area contributed by atoms with E-state index in [0.717, 1.165) is 23.4 Å². The van der Waals surface area contributed by atoms with Crippen molar-refractivity contribution in [3.8, 4) is 0 Å². The molecule has 1 aliphatic heterocycles. The topological polar surface area (TPSA) is 69.6 Å². The molecule has 2 N–H and O–H groups in total. The first-order valence-electron chi connectivity index (χ1n) is 8.47. The summed E-state index contributed by atoms with van der Waals surface area (Å²) < 4.78 is 0. The highest BCUT2D eigenvalue weighted by Crippen LogP contribution is 2.49. The van der Waals surface area contributed by atoms with E-state index in [0.29, 0.717) is 24.8 Å². The van der Waals surface area contributed by atoms with Gasteiger partial charge in [0.25, 0.3) is 0 Å². The summed E-state index contributed by atoms with van der Waals surface area (Å²) in [4.78, 5) is 27.1. The summed E-state index contributed by atoms with van der Waals surface area (Å²) in [5, 5.41) is 13.0. The van der Waals surface area contributed by atoms with Crippen molar-refractivity contribution in [3.05, 3.63) is 24.3 Å². The zero-order chi connectivity index (χ0) is 17.3. The summed E-state index contributed by atoms with van der Waals surface area (Å²) in [5.41, 5.74) is 0.0615. The Labute approximate surface area is 146 Å². The molecule has 0 unspecified atom stereocenters. The Balaban J connectivity index is 1.72. The molecule has 3 rings (SSSR count). The molecule has 0 aromatic heterocycles. The predicted molar refractivity (Wildman–Crippen MR) is 95.4 cm³/mol. The molecule has 1 aliphatic carbocycles. The number of benzene rings is 1. The van der Waals surface area contributed by atoms with Gasteiger partial charge in [-0.2, -0.15) is 0 Å². The average Bonchev–Trinajstić information content (AvgIpc) is 3.06. The highest BCUT2D eigenvalue weighted by Gasteiger charge is 2.55. The Bertz CT molecular complexity index is 649. The number of amides is 2. The van der Waals surface area contributed by atoms with Crippen molar-refractivity contribution < 1.29 is 14.7 Å². The summed E-state index contributed by atoms with van der Waals surface area (Å²) in [7, 11) is 0. The lowest BCUT2D eigenvalue weighted by Crippen LogP contribution is -2.38. The van der Waals surface area contributed by atoms with E-state index in [4.69, 9.17) is 0 Å². The number of hydrogen-bond donors (Lipinski definition) is 2. The van der Waals surface area contributed by atoms with E-state index in [1.54, 1.807) is 16.7 Å². The molecule has 2 atom stereocenters. The molecule has 1 saturated heterocycles. The van der Waals surface area contributed by atoms with Gasteiger partial charge in [-0.1, -0.05) is 32.4 Å². The Hall–Kier alpha value is -1.69. The molecule has 24 heavy (non-hydrogen) atoms. The summed E-state index contributed by atoms with van der Waals surface area (Å²) in [6, 6.07) is 7.56. The van der Waals surface area contributed by atoms with Gasteiger partial charge in [0.15, 0.2) is 0 Å². The monoisotopic (exact) mass is 348 g/mol. The van der Waals surface area contributed by atoms with Gasteiger partial charge in [0.05, 0.1) is 11.1 Å². The molecule has 1 aromatic carbocycles. The number of aliphatic carboxylic acids is 1. The maximum absolute atomic E-state index is 12.7. The highest BCUT2D eigenvalue weighted by atomic mass is 32.2. The molecule has 2 amide bonds. The fraction of sp³-hybridized carbons (Fsp3) is 0.556. The lowest BCUT2D eigenvalue weighted by molar-refractivity contribution is -0.149. The Kier molecular flexibility index (Phi) is 4.76. The third-order valence-corrected chi connectivity index (χ3v) is 6.16. The van der Waals surface area contributed by atoms with E-state index in [-0.39, 0.29) is 11.9 Å². The van der Waals surface area contributed by atoms with Gasteiger partial charge in [0, 0.05) is 23.2 Å². The van der Waals surface area contributed by atoms with Crippen LogP contribution >= 0.6 is 11.8 Å². The molecule has 1 saturated carbocycles. The minimum atomic E-state index is -0.754. The molecule has 130 valence electrons. The summed E-state index contributed by atoms with van der Waals surface area (Å²) >= 11 is 1.70. The molecular weight excluding hydrogens is 324 g/mol. The van der Waals surface area contributed by atoms with Gasteiger partial charge >= 0.3 is 12.0 Å². The van der Waals surface area contributed by atoms with Gasteiger partial charge in [-0.05, 0) is 30.9 Å². The predicted octanol–water partition coefficient (Wildman–Crippen LogP) is 3.91. The molecule has 0 spiro atoms. The molecule has 5 nitrogen and oxygen atoms in total. The number of nitrogens with one attached hydrogen (secondary N) is 1.